The molecule has 1 aliphatic carbocycles. The van der Waals surface area contributed by atoms with Gasteiger partial charge in [-0.1, -0.05) is 0 Å². The molecular formula is C6H8ClNO. The van der Waals surface area contributed by atoms with Gasteiger partial charge in [0.2, 0.25) is 5.24 Å². The average molecular weight is 146 g/mol. The van der Waals surface area contributed by atoms with Gasteiger partial charge in [-0.25, -0.2) is 0 Å². The molecule has 1 N–H and O–H groups in total. The summed E-state index contributed by atoms with van der Waals surface area (Å²) in [6.45, 7) is 0.994. The number of hydrogen-bond acceptors (Lipinski definition) is 2. The first-order chi connectivity index (χ1) is 4.29. The lowest BCUT2D eigenvalue weighted by molar-refractivity contribution is -0.113. The first-order valence-electron chi connectivity index (χ1n) is 3.22. The van der Waals surface area contributed by atoms with Crippen molar-refractivity contribution in [3.05, 3.63) is 0 Å². The van der Waals surface area contributed by atoms with Crippen molar-refractivity contribution in [2.75, 3.05) is 6.54 Å². The summed E-state index contributed by atoms with van der Waals surface area (Å²) in [7, 11) is 0. The SMILES string of the molecule is O=C(Cl)C1NCC2CC21. The van der Waals surface area contributed by atoms with Gasteiger partial charge in [0.15, 0.2) is 0 Å². The third kappa shape index (κ3) is 0.775. The lowest BCUT2D eigenvalue weighted by atomic mass is 10.2. The molecule has 1 heterocycles. The van der Waals surface area contributed by atoms with Gasteiger partial charge in [-0.05, 0) is 36.4 Å². The van der Waals surface area contributed by atoms with Crippen LogP contribution in [0.15, 0.2) is 0 Å². The van der Waals surface area contributed by atoms with Gasteiger partial charge < -0.3 is 5.32 Å². The summed E-state index contributed by atoms with van der Waals surface area (Å²) in [5, 5.41) is 2.87. The van der Waals surface area contributed by atoms with E-state index >= 15 is 0 Å². The molecule has 9 heavy (non-hydrogen) atoms. The third-order valence-electron chi connectivity index (χ3n) is 2.25. The van der Waals surface area contributed by atoms with Gasteiger partial charge in [0.05, 0.1) is 6.04 Å². The minimum atomic E-state index is -0.208. The Morgan fingerprint density at radius 3 is 2.67 bits per heavy atom. The molecule has 3 unspecified atom stereocenters. The number of carbonyl (C=O) groups is 1. The Kier molecular flexibility index (Phi) is 1.08. The van der Waals surface area contributed by atoms with E-state index in [-0.39, 0.29) is 11.3 Å². The fraction of sp³-hybridized carbons (Fsp3) is 0.833. The number of halogens is 1. The van der Waals surface area contributed by atoms with Crippen LogP contribution in [-0.2, 0) is 4.79 Å². The second-order valence-corrected chi connectivity index (χ2v) is 3.22. The molecule has 0 aromatic carbocycles. The smallest absolute Gasteiger partial charge is 0.238 e. The predicted molar refractivity (Wildman–Crippen MR) is 34.2 cm³/mol. The molecule has 0 bridgehead atoms. The molecule has 0 aromatic heterocycles. The Labute approximate surface area is 58.6 Å². The van der Waals surface area contributed by atoms with Crippen molar-refractivity contribution in [2.45, 2.75) is 12.5 Å². The van der Waals surface area contributed by atoms with Crippen molar-refractivity contribution in [1.29, 1.82) is 0 Å². The van der Waals surface area contributed by atoms with Gasteiger partial charge in [0.25, 0.3) is 0 Å². The minimum Gasteiger partial charge on any atom is -0.306 e. The first-order valence-corrected chi connectivity index (χ1v) is 3.59. The van der Waals surface area contributed by atoms with Crippen LogP contribution in [0.25, 0.3) is 0 Å². The molecule has 0 amide bonds. The number of carbonyl (C=O) groups excluding carboxylic acids is 1. The largest absolute Gasteiger partial charge is 0.306 e. The molecule has 2 aliphatic rings. The summed E-state index contributed by atoms with van der Waals surface area (Å²) in [4.78, 5) is 10.6. The van der Waals surface area contributed by atoms with Crippen LogP contribution in [-0.4, -0.2) is 17.8 Å². The zero-order valence-electron chi connectivity index (χ0n) is 4.93. The highest BCUT2D eigenvalue weighted by molar-refractivity contribution is 6.64. The van der Waals surface area contributed by atoms with Gasteiger partial charge in [-0.3, -0.25) is 4.79 Å². The second-order valence-electron chi connectivity index (χ2n) is 2.85. The van der Waals surface area contributed by atoms with E-state index in [1.54, 1.807) is 0 Å². The topological polar surface area (TPSA) is 29.1 Å². The maximum atomic E-state index is 10.6. The average Bonchev–Trinajstić information content (AvgIpc) is 2.43. The van der Waals surface area contributed by atoms with Crippen LogP contribution in [0.2, 0.25) is 0 Å². The summed E-state index contributed by atoms with van der Waals surface area (Å²) in [5.74, 6) is 1.34. The van der Waals surface area contributed by atoms with Crippen molar-refractivity contribution in [3.8, 4) is 0 Å². The van der Waals surface area contributed by atoms with Crippen molar-refractivity contribution in [1.82, 2.24) is 5.32 Å². The molecular weight excluding hydrogens is 138 g/mol. The van der Waals surface area contributed by atoms with Gasteiger partial charge in [0, 0.05) is 0 Å². The fourth-order valence-corrected chi connectivity index (χ4v) is 1.83. The van der Waals surface area contributed by atoms with Gasteiger partial charge in [-0.2, -0.15) is 0 Å². The fourth-order valence-electron chi connectivity index (χ4n) is 1.59. The van der Waals surface area contributed by atoms with Crippen LogP contribution in [0.4, 0.5) is 0 Å². The van der Waals surface area contributed by atoms with Gasteiger partial charge >= 0.3 is 0 Å². The number of nitrogens with one attached hydrogen (secondary N) is 1. The number of piperidine rings is 1. The van der Waals surface area contributed by atoms with Crippen molar-refractivity contribution >= 4 is 16.8 Å². The normalized spacial score (nSPS) is 46.6. The van der Waals surface area contributed by atoms with E-state index in [9.17, 15) is 4.79 Å². The predicted octanol–water partition coefficient (Wildman–Crippen LogP) is 0.360. The molecule has 1 aliphatic heterocycles. The number of fused-ring (bicyclic) bond motifs is 1. The first kappa shape index (κ1) is 5.69. The number of rotatable bonds is 1. The highest BCUT2D eigenvalue weighted by Gasteiger charge is 2.50. The summed E-state index contributed by atoms with van der Waals surface area (Å²) < 4.78 is 0. The monoisotopic (exact) mass is 145 g/mol. The Bertz CT molecular complexity index is 159. The molecule has 3 atom stereocenters. The molecule has 1 saturated heterocycles. The van der Waals surface area contributed by atoms with Crippen LogP contribution in [0, 0.1) is 11.8 Å². The highest BCUT2D eigenvalue weighted by Crippen LogP contribution is 2.45. The maximum Gasteiger partial charge on any atom is 0.238 e. The van der Waals surface area contributed by atoms with Crippen LogP contribution in [0.5, 0.6) is 0 Å². The molecule has 3 heteroatoms. The Morgan fingerprint density at radius 2 is 2.44 bits per heavy atom. The third-order valence-corrected chi connectivity index (χ3v) is 2.49. The molecule has 0 aromatic rings. The molecule has 2 nitrogen and oxygen atoms in total. The Morgan fingerprint density at radius 1 is 1.67 bits per heavy atom. The van der Waals surface area contributed by atoms with Crippen molar-refractivity contribution in [2.24, 2.45) is 11.8 Å². The molecule has 1 saturated carbocycles. The zero-order valence-corrected chi connectivity index (χ0v) is 5.69. The molecule has 0 spiro atoms. The van der Waals surface area contributed by atoms with E-state index in [1.165, 1.54) is 6.42 Å². The molecule has 2 rings (SSSR count). The lowest BCUT2D eigenvalue weighted by Gasteiger charge is -2.04. The van der Waals surface area contributed by atoms with E-state index in [2.05, 4.69) is 5.32 Å². The van der Waals surface area contributed by atoms with E-state index < -0.39 is 0 Å². The van der Waals surface area contributed by atoms with Gasteiger partial charge in [0.1, 0.15) is 0 Å². The number of hydrogen-bond donors (Lipinski definition) is 1. The maximum absolute atomic E-state index is 10.6. The highest BCUT2D eigenvalue weighted by atomic mass is 35.5. The van der Waals surface area contributed by atoms with Crippen LogP contribution in [0.3, 0.4) is 0 Å². The minimum absolute atomic E-state index is 0.0170. The van der Waals surface area contributed by atoms with Crippen LogP contribution in [0.1, 0.15) is 6.42 Å². The molecule has 0 radical (unpaired) electrons. The standard InChI is InChI=1S/C6H8ClNO/c7-6(9)5-4-1-3(4)2-8-5/h3-5,8H,1-2H2. The van der Waals surface area contributed by atoms with E-state index in [0.717, 1.165) is 12.5 Å². The summed E-state index contributed by atoms with van der Waals surface area (Å²) in [6, 6.07) is -0.0170. The summed E-state index contributed by atoms with van der Waals surface area (Å²) in [6.07, 6.45) is 1.20. The zero-order chi connectivity index (χ0) is 6.43. The summed E-state index contributed by atoms with van der Waals surface area (Å²) in [5.41, 5.74) is 0. The lowest BCUT2D eigenvalue weighted by Crippen LogP contribution is -2.31. The molecule has 50 valence electrons. The quantitative estimate of drug-likeness (QED) is 0.540. The molecule has 2 fully saturated rings. The summed E-state index contributed by atoms with van der Waals surface area (Å²) >= 11 is 5.30. The van der Waals surface area contributed by atoms with Crippen molar-refractivity contribution in [3.63, 3.8) is 0 Å². The van der Waals surface area contributed by atoms with Crippen molar-refractivity contribution < 1.29 is 4.79 Å². The van der Waals surface area contributed by atoms with E-state index in [0.29, 0.717) is 5.92 Å². The van der Waals surface area contributed by atoms with Crippen LogP contribution >= 0.6 is 11.6 Å². The van der Waals surface area contributed by atoms with Crippen LogP contribution < -0.4 is 5.32 Å². The second kappa shape index (κ2) is 1.70. The van der Waals surface area contributed by atoms with Gasteiger partial charge in [-0.15, -0.1) is 0 Å². The Hall–Kier alpha value is -0.0800. The van der Waals surface area contributed by atoms with E-state index in [1.807, 2.05) is 0 Å². The Balaban J connectivity index is 2.06. The van der Waals surface area contributed by atoms with E-state index in [4.69, 9.17) is 11.6 Å².